The molecule has 0 spiro atoms. The Hall–Kier alpha value is -2.34. The van der Waals surface area contributed by atoms with Gasteiger partial charge in [-0.3, -0.25) is 4.79 Å². The Morgan fingerprint density at radius 2 is 1.96 bits per heavy atom. The van der Waals surface area contributed by atoms with Crippen LogP contribution in [0.15, 0.2) is 40.9 Å². The van der Waals surface area contributed by atoms with Crippen LogP contribution in [0.1, 0.15) is 21.5 Å². The van der Waals surface area contributed by atoms with Gasteiger partial charge < -0.3 is 15.2 Å². The van der Waals surface area contributed by atoms with Gasteiger partial charge in [0, 0.05) is 5.69 Å². The highest BCUT2D eigenvalue weighted by molar-refractivity contribution is 9.10. The lowest BCUT2D eigenvalue weighted by molar-refractivity contribution is -0.118. The molecule has 0 aliphatic carbocycles. The lowest BCUT2D eigenvalue weighted by Crippen LogP contribution is -2.20. The van der Waals surface area contributed by atoms with Gasteiger partial charge in [-0.05, 0) is 65.2 Å². The second-order valence-corrected chi connectivity index (χ2v) is 5.97. The number of aromatic carboxylic acids is 1. The first-order valence-electron chi connectivity index (χ1n) is 6.89. The molecule has 5 nitrogen and oxygen atoms in total. The number of ether oxygens (including phenoxy) is 1. The minimum Gasteiger partial charge on any atom is -0.482 e. The van der Waals surface area contributed by atoms with Crippen molar-refractivity contribution in [3.8, 4) is 5.75 Å². The molecule has 2 aromatic carbocycles. The van der Waals surface area contributed by atoms with E-state index in [0.29, 0.717) is 11.4 Å². The van der Waals surface area contributed by atoms with Crippen LogP contribution in [0.2, 0.25) is 0 Å². The van der Waals surface area contributed by atoms with Crippen molar-refractivity contribution in [3.63, 3.8) is 0 Å². The molecule has 0 aromatic heterocycles. The number of benzene rings is 2. The smallest absolute Gasteiger partial charge is 0.335 e. The topological polar surface area (TPSA) is 75.6 Å². The van der Waals surface area contributed by atoms with E-state index in [4.69, 9.17) is 9.84 Å². The molecule has 2 N–H and O–H groups in total. The Labute approximate surface area is 142 Å². The van der Waals surface area contributed by atoms with Gasteiger partial charge in [0.15, 0.2) is 6.61 Å². The normalized spacial score (nSPS) is 10.2. The van der Waals surface area contributed by atoms with Gasteiger partial charge >= 0.3 is 5.97 Å². The molecule has 0 aliphatic rings. The number of nitrogens with one attached hydrogen (secondary N) is 1. The third kappa shape index (κ3) is 4.56. The maximum Gasteiger partial charge on any atom is 0.335 e. The Morgan fingerprint density at radius 1 is 1.22 bits per heavy atom. The number of hydrogen-bond donors (Lipinski definition) is 2. The number of carbonyl (C=O) groups excluding carboxylic acids is 1. The van der Waals surface area contributed by atoms with Crippen molar-refractivity contribution in [2.75, 3.05) is 11.9 Å². The highest BCUT2D eigenvalue weighted by Gasteiger charge is 2.10. The maximum atomic E-state index is 12.0. The summed E-state index contributed by atoms with van der Waals surface area (Å²) in [6.45, 7) is 3.71. The maximum absolute atomic E-state index is 12.0. The van der Waals surface area contributed by atoms with Crippen molar-refractivity contribution in [2.24, 2.45) is 0 Å². The quantitative estimate of drug-likeness (QED) is 0.830. The molecule has 0 saturated heterocycles. The minimum atomic E-state index is -1.04. The Balaban J connectivity index is 2.01. The number of halogens is 1. The highest BCUT2D eigenvalue weighted by atomic mass is 79.9. The van der Waals surface area contributed by atoms with Crippen LogP contribution in [0.5, 0.6) is 5.75 Å². The van der Waals surface area contributed by atoms with E-state index in [0.717, 1.165) is 15.6 Å². The van der Waals surface area contributed by atoms with E-state index in [2.05, 4.69) is 21.2 Å². The van der Waals surface area contributed by atoms with Crippen LogP contribution in [-0.2, 0) is 4.79 Å². The fourth-order valence-corrected chi connectivity index (χ4v) is 2.94. The number of hydrogen-bond acceptors (Lipinski definition) is 3. The van der Waals surface area contributed by atoms with E-state index in [9.17, 15) is 9.59 Å². The SMILES string of the molecule is Cc1cc(C)c(OCC(=O)Nc2cccc(C(=O)O)c2)c(Br)c1. The molecule has 2 rings (SSSR count). The van der Waals surface area contributed by atoms with Gasteiger partial charge in [-0.15, -0.1) is 0 Å². The molecule has 0 atom stereocenters. The van der Waals surface area contributed by atoms with Crippen molar-refractivity contribution < 1.29 is 19.4 Å². The zero-order chi connectivity index (χ0) is 17.0. The van der Waals surface area contributed by atoms with Crippen molar-refractivity contribution in [3.05, 3.63) is 57.6 Å². The fraction of sp³-hybridized carbons (Fsp3) is 0.176. The average molecular weight is 378 g/mol. The molecule has 0 bridgehead atoms. The standard InChI is InChI=1S/C17H16BrNO4/c1-10-6-11(2)16(14(18)7-10)23-9-15(20)19-13-5-3-4-12(8-13)17(21)22/h3-8H,9H2,1-2H3,(H,19,20)(H,21,22). The first-order chi connectivity index (χ1) is 10.9. The summed E-state index contributed by atoms with van der Waals surface area (Å²) in [7, 11) is 0. The monoisotopic (exact) mass is 377 g/mol. The molecule has 0 heterocycles. The van der Waals surface area contributed by atoms with Crippen LogP contribution in [0.25, 0.3) is 0 Å². The number of anilines is 1. The summed E-state index contributed by atoms with van der Waals surface area (Å²) in [5.41, 5.74) is 2.55. The second kappa shape index (κ2) is 7.28. The molecule has 0 aliphatic heterocycles. The van der Waals surface area contributed by atoms with Gasteiger partial charge in [0.1, 0.15) is 5.75 Å². The van der Waals surface area contributed by atoms with Gasteiger partial charge in [0.25, 0.3) is 5.91 Å². The zero-order valence-electron chi connectivity index (χ0n) is 12.7. The molecule has 23 heavy (non-hydrogen) atoms. The lowest BCUT2D eigenvalue weighted by Gasteiger charge is -2.12. The van der Waals surface area contributed by atoms with E-state index < -0.39 is 5.97 Å². The van der Waals surface area contributed by atoms with Crippen LogP contribution >= 0.6 is 15.9 Å². The summed E-state index contributed by atoms with van der Waals surface area (Å²) in [6.07, 6.45) is 0. The summed E-state index contributed by atoms with van der Waals surface area (Å²) in [5, 5.41) is 11.6. The van der Waals surface area contributed by atoms with E-state index in [-0.39, 0.29) is 18.1 Å². The molecule has 0 unspecified atom stereocenters. The van der Waals surface area contributed by atoms with Crippen molar-refractivity contribution in [1.82, 2.24) is 0 Å². The van der Waals surface area contributed by atoms with Gasteiger partial charge in [-0.1, -0.05) is 12.1 Å². The number of carbonyl (C=O) groups is 2. The molecule has 6 heteroatoms. The predicted octanol–water partition coefficient (Wildman–Crippen LogP) is 3.78. The van der Waals surface area contributed by atoms with Crippen LogP contribution in [0, 0.1) is 13.8 Å². The highest BCUT2D eigenvalue weighted by Crippen LogP contribution is 2.30. The molecule has 0 saturated carbocycles. The van der Waals surface area contributed by atoms with E-state index in [1.807, 2.05) is 26.0 Å². The van der Waals surface area contributed by atoms with Crippen molar-refractivity contribution in [1.29, 1.82) is 0 Å². The summed E-state index contributed by atoms with van der Waals surface area (Å²) < 4.78 is 6.35. The molecule has 2 aromatic rings. The summed E-state index contributed by atoms with van der Waals surface area (Å²) >= 11 is 3.42. The third-order valence-electron chi connectivity index (χ3n) is 3.11. The first kappa shape index (κ1) is 17.0. The average Bonchev–Trinajstić information content (AvgIpc) is 2.46. The van der Waals surface area contributed by atoms with E-state index in [1.165, 1.54) is 12.1 Å². The Kier molecular flexibility index (Phi) is 5.39. The number of amides is 1. The molecule has 0 radical (unpaired) electrons. The predicted molar refractivity (Wildman–Crippen MR) is 91.1 cm³/mol. The molecular formula is C17H16BrNO4. The number of rotatable bonds is 5. The first-order valence-corrected chi connectivity index (χ1v) is 7.69. The van der Waals surface area contributed by atoms with Crippen LogP contribution in [0.4, 0.5) is 5.69 Å². The van der Waals surface area contributed by atoms with Gasteiger partial charge in [-0.2, -0.15) is 0 Å². The number of aryl methyl sites for hydroxylation is 2. The fourth-order valence-electron chi connectivity index (χ4n) is 2.15. The molecular weight excluding hydrogens is 362 g/mol. The van der Waals surface area contributed by atoms with Crippen LogP contribution in [0.3, 0.4) is 0 Å². The third-order valence-corrected chi connectivity index (χ3v) is 3.70. The van der Waals surface area contributed by atoms with Crippen LogP contribution in [-0.4, -0.2) is 23.6 Å². The zero-order valence-corrected chi connectivity index (χ0v) is 14.3. The Bertz CT molecular complexity index is 735. The number of carboxylic acid groups (broad SMARTS) is 1. The van der Waals surface area contributed by atoms with E-state index >= 15 is 0 Å². The van der Waals surface area contributed by atoms with Crippen molar-refractivity contribution >= 4 is 33.5 Å². The largest absolute Gasteiger partial charge is 0.482 e. The molecule has 120 valence electrons. The minimum absolute atomic E-state index is 0.112. The Morgan fingerprint density at radius 3 is 2.61 bits per heavy atom. The van der Waals surface area contributed by atoms with Crippen molar-refractivity contribution in [2.45, 2.75) is 13.8 Å². The summed E-state index contributed by atoms with van der Waals surface area (Å²) in [5.74, 6) is -0.791. The number of carboxylic acids is 1. The molecule has 0 fully saturated rings. The van der Waals surface area contributed by atoms with Gasteiger partial charge in [0.05, 0.1) is 10.0 Å². The molecule has 1 amide bonds. The second-order valence-electron chi connectivity index (χ2n) is 5.12. The van der Waals surface area contributed by atoms with Gasteiger partial charge in [-0.25, -0.2) is 4.79 Å². The van der Waals surface area contributed by atoms with E-state index in [1.54, 1.807) is 12.1 Å². The van der Waals surface area contributed by atoms with Gasteiger partial charge in [0.2, 0.25) is 0 Å². The lowest BCUT2D eigenvalue weighted by atomic mass is 10.1. The summed E-state index contributed by atoms with van der Waals surface area (Å²) in [4.78, 5) is 22.9. The summed E-state index contributed by atoms with van der Waals surface area (Å²) in [6, 6.07) is 9.93. The van der Waals surface area contributed by atoms with Crippen LogP contribution < -0.4 is 10.1 Å².